The van der Waals surface area contributed by atoms with E-state index in [2.05, 4.69) is 86.4 Å². The number of nitrogens with zero attached hydrogens (tertiary/aromatic N) is 2. The summed E-state index contributed by atoms with van der Waals surface area (Å²) in [6.07, 6.45) is 1.89. The van der Waals surface area contributed by atoms with E-state index in [1.165, 1.54) is 5.56 Å². The molecule has 0 unspecified atom stereocenters. The fourth-order valence-corrected chi connectivity index (χ4v) is 4.57. The summed E-state index contributed by atoms with van der Waals surface area (Å²) in [4.78, 5) is 9.76. The summed E-state index contributed by atoms with van der Waals surface area (Å²) >= 11 is 0. The lowest BCUT2D eigenvalue weighted by molar-refractivity contribution is 0.589. The van der Waals surface area contributed by atoms with Gasteiger partial charge in [-0.25, -0.2) is 4.98 Å². The van der Waals surface area contributed by atoms with Gasteiger partial charge in [-0.2, -0.15) is 0 Å². The van der Waals surface area contributed by atoms with E-state index in [9.17, 15) is 0 Å². The molecule has 0 amide bonds. The summed E-state index contributed by atoms with van der Waals surface area (Å²) < 4.78 is 6.47. The predicted octanol–water partition coefficient (Wildman–Crippen LogP) is 8.67. The lowest BCUT2D eigenvalue weighted by Gasteiger charge is -2.19. The van der Waals surface area contributed by atoms with Crippen LogP contribution in [0.2, 0.25) is 0 Å². The molecule has 0 saturated carbocycles. The Morgan fingerprint density at radius 1 is 0.629 bits per heavy atom. The molecular formula is C32H26N2O. The predicted molar refractivity (Wildman–Crippen MR) is 144 cm³/mol. The molecule has 0 radical (unpaired) electrons. The zero-order valence-electron chi connectivity index (χ0n) is 20.1. The van der Waals surface area contributed by atoms with Crippen LogP contribution in [-0.4, -0.2) is 9.97 Å². The number of hydrogen-bond acceptors (Lipinski definition) is 3. The Labute approximate surface area is 205 Å². The molecule has 0 fully saturated rings. The molecule has 3 aromatic heterocycles. The average Bonchev–Trinajstić information content (AvgIpc) is 3.26. The van der Waals surface area contributed by atoms with Crippen molar-refractivity contribution < 1.29 is 4.42 Å². The number of fused-ring (bicyclic) bond motifs is 3. The summed E-state index contributed by atoms with van der Waals surface area (Å²) in [5.41, 5.74) is 8.95. The highest BCUT2D eigenvalue weighted by Crippen LogP contribution is 2.39. The quantitative estimate of drug-likeness (QED) is 0.268. The fourth-order valence-electron chi connectivity index (χ4n) is 4.57. The van der Waals surface area contributed by atoms with Gasteiger partial charge in [0.15, 0.2) is 0 Å². The highest BCUT2D eigenvalue weighted by Gasteiger charge is 2.18. The van der Waals surface area contributed by atoms with E-state index in [1.807, 2.05) is 42.6 Å². The van der Waals surface area contributed by atoms with E-state index in [1.54, 1.807) is 0 Å². The minimum absolute atomic E-state index is 0.0608. The summed E-state index contributed by atoms with van der Waals surface area (Å²) in [5, 5.41) is 2.09. The Kier molecular flexibility index (Phi) is 5.00. The van der Waals surface area contributed by atoms with Crippen molar-refractivity contribution in [3.63, 3.8) is 0 Å². The van der Waals surface area contributed by atoms with Gasteiger partial charge in [0, 0.05) is 34.3 Å². The van der Waals surface area contributed by atoms with Gasteiger partial charge in [0.1, 0.15) is 11.2 Å². The Morgan fingerprint density at radius 3 is 2.06 bits per heavy atom. The number of benzene rings is 3. The van der Waals surface area contributed by atoms with Crippen molar-refractivity contribution in [2.75, 3.05) is 0 Å². The highest BCUT2D eigenvalue weighted by atomic mass is 16.3. The second-order valence-electron chi connectivity index (χ2n) is 9.95. The van der Waals surface area contributed by atoms with Crippen LogP contribution in [0, 0.1) is 0 Å². The summed E-state index contributed by atoms with van der Waals surface area (Å²) in [7, 11) is 0. The first-order valence-corrected chi connectivity index (χ1v) is 11.9. The molecule has 35 heavy (non-hydrogen) atoms. The maximum Gasteiger partial charge on any atom is 0.139 e. The second kappa shape index (κ2) is 8.21. The Bertz CT molecular complexity index is 1660. The molecule has 0 atom stereocenters. The van der Waals surface area contributed by atoms with E-state index >= 15 is 0 Å². The monoisotopic (exact) mass is 454 g/mol. The average molecular weight is 455 g/mol. The Morgan fingerprint density at radius 2 is 1.34 bits per heavy atom. The molecule has 0 aliphatic rings. The van der Waals surface area contributed by atoms with Crippen LogP contribution in [0.5, 0.6) is 0 Å². The first-order valence-electron chi connectivity index (χ1n) is 11.9. The van der Waals surface area contributed by atoms with E-state index in [-0.39, 0.29) is 5.41 Å². The molecule has 6 rings (SSSR count). The van der Waals surface area contributed by atoms with Gasteiger partial charge < -0.3 is 4.42 Å². The van der Waals surface area contributed by atoms with Crippen molar-refractivity contribution in [1.29, 1.82) is 0 Å². The van der Waals surface area contributed by atoms with Crippen molar-refractivity contribution >= 4 is 21.9 Å². The zero-order chi connectivity index (χ0) is 24.0. The Balaban J connectivity index is 1.58. The van der Waals surface area contributed by atoms with Gasteiger partial charge in [0.25, 0.3) is 0 Å². The third-order valence-electron chi connectivity index (χ3n) is 6.49. The minimum atomic E-state index is 0.0608. The van der Waals surface area contributed by atoms with E-state index < -0.39 is 0 Å². The summed E-state index contributed by atoms with van der Waals surface area (Å²) in [5.74, 6) is 0. The van der Waals surface area contributed by atoms with Crippen molar-refractivity contribution in [3.05, 3.63) is 109 Å². The molecule has 0 saturated heterocycles. The smallest absolute Gasteiger partial charge is 0.139 e. The van der Waals surface area contributed by atoms with E-state index in [4.69, 9.17) is 9.40 Å². The third-order valence-corrected chi connectivity index (χ3v) is 6.49. The van der Waals surface area contributed by atoms with Gasteiger partial charge in [0.05, 0.1) is 22.5 Å². The maximum absolute atomic E-state index is 6.47. The van der Waals surface area contributed by atoms with Crippen molar-refractivity contribution in [2.45, 2.75) is 26.2 Å². The molecule has 170 valence electrons. The number of pyridine rings is 2. The van der Waals surface area contributed by atoms with Crippen molar-refractivity contribution in [2.24, 2.45) is 0 Å². The van der Waals surface area contributed by atoms with Gasteiger partial charge in [-0.1, -0.05) is 87.5 Å². The molecular weight excluding hydrogens is 428 g/mol. The molecule has 3 heterocycles. The molecule has 0 N–H and O–H groups in total. The second-order valence-corrected chi connectivity index (χ2v) is 9.95. The van der Waals surface area contributed by atoms with Crippen LogP contribution < -0.4 is 0 Å². The van der Waals surface area contributed by atoms with Gasteiger partial charge in [-0.05, 0) is 35.2 Å². The maximum atomic E-state index is 6.47. The molecule has 0 aliphatic heterocycles. The van der Waals surface area contributed by atoms with Crippen molar-refractivity contribution in [3.8, 4) is 33.8 Å². The van der Waals surface area contributed by atoms with Crippen LogP contribution in [0.1, 0.15) is 26.3 Å². The Hall–Kier alpha value is -4.24. The number of hydrogen-bond donors (Lipinski definition) is 0. The van der Waals surface area contributed by atoms with Gasteiger partial charge in [-0.15, -0.1) is 0 Å². The lowest BCUT2D eigenvalue weighted by atomic mass is 9.87. The van der Waals surface area contributed by atoms with Crippen LogP contribution in [0.4, 0.5) is 0 Å². The molecule has 0 bridgehead atoms. The fraction of sp³-hybridized carbons (Fsp3) is 0.125. The zero-order valence-corrected chi connectivity index (χ0v) is 20.1. The number of furan rings is 1. The largest absolute Gasteiger partial charge is 0.456 e. The topological polar surface area (TPSA) is 38.9 Å². The molecule has 3 nitrogen and oxygen atoms in total. The minimum Gasteiger partial charge on any atom is -0.456 e. The van der Waals surface area contributed by atoms with Crippen LogP contribution in [0.15, 0.2) is 108 Å². The molecule has 3 heteroatoms. The summed E-state index contributed by atoms with van der Waals surface area (Å²) in [6.45, 7) is 6.66. The first-order chi connectivity index (χ1) is 17.0. The van der Waals surface area contributed by atoms with E-state index in [0.717, 1.165) is 55.7 Å². The third kappa shape index (κ3) is 3.89. The normalized spacial score (nSPS) is 11.9. The standard InChI is InChI=1S/C32H26N2O/c1-32(2,3)24-16-17-33-26(19-24)23-14-15-25-28(18-23)35-29-20-27(21-10-6-4-7-11-21)34-31(30(25)29)22-12-8-5-9-13-22/h4-20H,1-3H3. The van der Waals surface area contributed by atoms with Crippen LogP contribution in [-0.2, 0) is 5.41 Å². The van der Waals surface area contributed by atoms with Gasteiger partial charge in [-0.3, -0.25) is 4.98 Å². The molecule has 0 aliphatic carbocycles. The highest BCUT2D eigenvalue weighted by molar-refractivity contribution is 6.12. The first kappa shape index (κ1) is 21.3. The van der Waals surface area contributed by atoms with Gasteiger partial charge in [0.2, 0.25) is 0 Å². The van der Waals surface area contributed by atoms with Crippen LogP contribution in [0.25, 0.3) is 55.7 Å². The van der Waals surface area contributed by atoms with E-state index in [0.29, 0.717) is 0 Å². The summed E-state index contributed by atoms with van der Waals surface area (Å²) in [6, 6.07) is 33.3. The van der Waals surface area contributed by atoms with Gasteiger partial charge >= 0.3 is 0 Å². The number of aromatic nitrogens is 2. The SMILES string of the molecule is CC(C)(C)c1ccnc(-c2ccc3c(c2)oc2cc(-c4ccccc4)nc(-c4ccccc4)c23)c1. The number of rotatable bonds is 3. The molecule has 0 spiro atoms. The van der Waals surface area contributed by atoms with Crippen LogP contribution >= 0.6 is 0 Å². The lowest BCUT2D eigenvalue weighted by Crippen LogP contribution is -2.11. The molecule has 6 aromatic rings. The van der Waals surface area contributed by atoms with Crippen LogP contribution in [0.3, 0.4) is 0 Å². The molecule has 3 aromatic carbocycles. The van der Waals surface area contributed by atoms with Crippen molar-refractivity contribution in [1.82, 2.24) is 9.97 Å².